The summed E-state index contributed by atoms with van der Waals surface area (Å²) in [6.07, 6.45) is 42.1. The maximum absolute atomic E-state index is 12.8. The van der Waals surface area contributed by atoms with Crippen molar-refractivity contribution in [2.45, 2.75) is 193 Å². The Morgan fingerprint density at radius 1 is 0.635 bits per heavy atom. The zero-order chi connectivity index (χ0) is 38.6. The Morgan fingerprint density at radius 3 is 1.54 bits per heavy atom. The summed E-state index contributed by atoms with van der Waals surface area (Å²) in [6.45, 7) is 4.76. The molecule has 0 bridgehead atoms. The molecule has 0 aromatic carbocycles. The zero-order valence-corrected chi connectivity index (χ0v) is 35.4. The SMILES string of the molecule is CCCCCCCC/C=C/CCCCCCCC(=O)N[C@@H](COP(=O)(O)OCC[N+](C)(C)C)[C@H](O)/C=C/CC/C=C/CCCCCCCCCCC. The van der Waals surface area contributed by atoms with Gasteiger partial charge in [-0.1, -0.05) is 153 Å². The van der Waals surface area contributed by atoms with E-state index in [9.17, 15) is 19.4 Å². The molecular weight excluding hydrogens is 671 g/mol. The minimum atomic E-state index is -4.34. The highest BCUT2D eigenvalue weighted by atomic mass is 31.2. The van der Waals surface area contributed by atoms with Crippen molar-refractivity contribution in [1.82, 2.24) is 5.32 Å². The summed E-state index contributed by atoms with van der Waals surface area (Å²) in [4.78, 5) is 23.1. The zero-order valence-electron chi connectivity index (χ0n) is 34.5. The molecule has 0 spiro atoms. The molecule has 0 radical (unpaired) electrons. The highest BCUT2D eigenvalue weighted by Crippen LogP contribution is 2.43. The lowest BCUT2D eigenvalue weighted by atomic mass is 10.1. The van der Waals surface area contributed by atoms with Gasteiger partial charge in [0.2, 0.25) is 5.91 Å². The van der Waals surface area contributed by atoms with E-state index in [2.05, 4.69) is 43.5 Å². The number of allylic oxidation sites excluding steroid dienone is 5. The fraction of sp³-hybridized carbons (Fsp3) is 0.837. The third kappa shape index (κ3) is 37.1. The van der Waals surface area contributed by atoms with Crippen molar-refractivity contribution in [3.63, 3.8) is 0 Å². The minimum absolute atomic E-state index is 0.0544. The van der Waals surface area contributed by atoms with Gasteiger partial charge in [-0.05, 0) is 57.8 Å². The number of phosphoric ester groups is 1. The van der Waals surface area contributed by atoms with E-state index in [-0.39, 0.29) is 19.1 Å². The van der Waals surface area contributed by atoms with Crippen LogP contribution in [0.15, 0.2) is 36.5 Å². The van der Waals surface area contributed by atoms with Gasteiger partial charge >= 0.3 is 7.82 Å². The van der Waals surface area contributed by atoms with Gasteiger partial charge in [0.05, 0.1) is 39.9 Å². The number of aliphatic hydroxyl groups excluding tert-OH is 1. The molecule has 0 heterocycles. The van der Waals surface area contributed by atoms with Gasteiger partial charge in [0.25, 0.3) is 0 Å². The Kier molecular flexibility index (Phi) is 34.6. The standard InChI is InChI=1S/C43H83N2O6P/c1-6-8-10-12-14-16-18-20-22-24-26-28-30-32-34-36-42(46)41(40-51-52(48,49)50-39-38-45(3,4)5)44-43(47)37-35-33-31-29-27-25-23-21-19-17-15-13-11-9-7-2/h21,23,26,28,34,36,41-42,46H,6-20,22,24-25,27,29-33,35,37-40H2,1-5H3,(H-,44,47,48,49)/p+1/b23-21+,28-26+,36-34+/t41-,42+/m0/s1. The molecular formula is C43H84N2O6P+. The van der Waals surface area contributed by atoms with Crippen LogP contribution < -0.4 is 5.32 Å². The molecule has 52 heavy (non-hydrogen) atoms. The number of hydrogen-bond acceptors (Lipinski definition) is 5. The Morgan fingerprint density at radius 2 is 1.06 bits per heavy atom. The van der Waals surface area contributed by atoms with Gasteiger partial charge in [-0.25, -0.2) is 4.57 Å². The van der Waals surface area contributed by atoms with Crippen molar-refractivity contribution in [3.8, 4) is 0 Å². The van der Waals surface area contributed by atoms with E-state index in [1.165, 1.54) is 109 Å². The van der Waals surface area contributed by atoms with Crippen LogP contribution in [-0.2, 0) is 18.4 Å². The molecule has 0 aromatic rings. The van der Waals surface area contributed by atoms with Gasteiger partial charge in [-0.15, -0.1) is 0 Å². The molecule has 0 aliphatic carbocycles. The first-order chi connectivity index (χ1) is 25.0. The predicted octanol–water partition coefficient (Wildman–Crippen LogP) is 11.5. The molecule has 9 heteroatoms. The van der Waals surface area contributed by atoms with E-state index in [1.54, 1.807) is 6.08 Å². The number of carbonyl (C=O) groups is 1. The first-order valence-corrected chi connectivity index (χ1v) is 22.9. The van der Waals surface area contributed by atoms with Crippen LogP contribution in [0.3, 0.4) is 0 Å². The highest BCUT2D eigenvalue weighted by Gasteiger charge is 2.27. The first kappa shape index (κ1) is 50.7. The molecule has 0 aliphatic rings. The van der Waals surface area contributed by atoms with Crippen molar-refractivity contribution in [2.75, 3.05) is 40.9 Å². The summed E-state index contributed by atoms with van der Waals surface area (Å²) in [7, 11) is 1.55. The summed E-state index contributed by atoms with van der Waals surface area (Å²) < 4.78 is 23.5. The number of unbranched alkanes of at least 4 members (excludes halogenated alkanes) is 21. The molecule has 1 amide bonds. The van der Waals surface area contributed by atoms with Crippen molar-refractivity contribution in [2.24, 2.45) is 0 Å². The smallest absolute Gasteiger partial charge is 0.387 e. The molecule has 0 aromatic heterocycles. The van der Waals surface area contributed by atoms with Gasteiger partial charge in [0.1, 0.15) is 13.2 Å². The molecule has 0 saturated carbocycles. The lowest BCUT2D eigenvalue weighted by Gasteiger charge is -2.25. The van der Waals surface area contributed by atoms with Gasteiger partial charge in [0, 0.05) is 6.42 Å². The predicted molar refractivity (Wildman–Crippen MR) is 221 cm³/mol. The van der Waals surface area contributed by atoms with Crippen LogP contribution in [0.25, 0.3) is 0 Å². The van der Waals surface area contributed by atoms with Gasteiger partial charge in [-0.2, -0.15) is 0 Å². The Bertz CT molecular complexity index is 948. The Hall–Kier alpha value is -1.28. The summed E-state index contributed by atoms with van der Waals surface area (Å²) in [6, 6.07) is -0.864. The lowest BCUT2D eigenvalue weighted by Crippen LogP contribution is -2.45. The molecule has 3 N–H and O–H groups in total. The van der Waals surface area contributed by atoms with Crippen LogP contribution in [0.4, 0.5) is 0 Å². The number of rotatable bonds is 38. The van der Waals surface area contributed by atoms with E-state index in [0.717, 1.165) is 51.4 Å². The molecule has 3 atom stereocenters. The average Bonchev–Trinajstić information content (AvgIpc) is 3.09. The van der Waals surface area contributed by atoms with Gasteiger partial charge in [-0.3, -0.25) is 13.8 Å². The second-order valence-electron chi connectivity index (χ2n) is 15.7. The van der Waals surface area contributed by atoms with E-state index < -0.39 is 20.0 Å². The highest BCUT2D eigenvalue weighted by molar-refractivity contribution is 7.47. The summed E-state index contributed by atoms with van der Waals surface area (Å²) in [5.41, 5.74) is 0. The van der Waals surface area contributed by atoms with Gasteiger partial charge < -0.3 is 19.8 Å². The molecule has 1 unspecified atom stereocenters. The van der Waals surface area contributed by atoms with Crippen LogP contribution in [0.5, 0.6) is 0 Å². The molecule has 8 nitrogen and oxygen atoms in total. The maximum Gasteiger partial charge on any atom is 0.472 e. The second kappa shape index (κ2) is 35.4. The summed E-state index contributed by atoms with van der Waals surface area (Å²) in [5, 5.41) is 13.8. The lowest BCUT2D eigenvalue weighted by molar-refractivity contribution is -0.870. The van der Waals surface area contributed by atoms with Crippen molar-refractivity contribution >= 4 is 13.7 Å². The first-order valence-electron chi connectivity index (χ1n) is 21.4. The van der Waals surface area contributed by atoms with Crippen LogP contribution >= 0.6 is 7.82 Å². The van der Waals surface area contributed by atoms with Crippen molar-refractivity contribution < 1.29 is 32.9 Å². The van der Waals surface area contributed by atoms with Crippen LogP contribution in [-0.4, -0.2) is 73.4 Å². The molecule has 0 aliphatic heterocycles. The van der Waals surface area contributed by atoms with Crippen molar-refractivity contribution in [1.29, 1.82) is 0 Å². The van der Waals surface area contributed by atoms with Gasteiger partial charge in [0.15, 0.2) is 0 Å². The van der Waals surface area contributed by atoms with E-state index in [1.807, 2.05) is 27.2 Å². The number of nitrogens with one attached hydrogen (secondary N) is 1. The van der Waals surface area contributed by atoms with E-state index >= 15 is 0 Å². The summed E-state index contributed by atoms with van der Waals surface area (Å²) in [5.74, 6) is -0.197. The number of phosphoric acid groups is 1. The van der Waals surface area contributed by atoms with Crippen molar-refractivity contribution in [3.05, 3.63) is 36.5 Å². The van der Waals surface area contributed by atoms with E-state index in [4.69, 9.17) is 9.05 Å². The van der Waals surface area contributed by atoms with Crippen LogP contribution in [0.2, 0.25) is 0 Å². The maximum atomic E-state index is 12.8. The number of quaternary nitrogens is 1. The van der Waals surface area contributed by atoms with Crippen LogP contribution in [0, 0.1) is 0 Å². The number of hydrogen-bond donors (Lipinski definition) is 3. The molecule has 0 fully saturated rings. The number of amides is 1. The monoisotopic (exact) mass is 756 g/mol. The van der Waals surface area contributed by atoms with Crippen LogP contribution in [0.1, 0.15) is 181 Å². The normalized spacial score (nSPS) is 14.8. The molecule has 0 rings (SSSR count). The summed E-state index contributed by atoms with van der Waals surface area (Å²) >= 11 is 0. The largest absolute Gasteiger partial charge is 0.472 e. The fourth-order valence-corrected chi connectivity index (χ4v) is 6.61. The number of carbonyl (C=O) groups excluding carboxylic acids is 1. The average molecular weight is 756 g/mol. The topological polar surface area (TPSA) is 105 Å². The Balaban J connectivity index is 4.53. The third-order valence-electron chi connectivity index (χ3n) is 9.33. The second-order valence-corrected chi connectivity index (χ2v) is 17.2. The quantitative estimate of drug-likeness (QED) is 0.0251. The van der Waals surface area contributed by atoms with E-state index in [0.29, 0.717) is 17.4 Å². The number of nitrogens with zero attached hydrogens (tertiary/aromatic N) is 1. The molecule has 0 saturated heterocycles. The number of aliphatic hydroxyl groups is 1. The fourth-order valence-electron chi connectivity index (χ4n) is 5.87. The number of likely N-dealkylation sites (N-methyl/N-ethyl adjacent to an activating group) is 1. The third-order valence-corrected chi connectivity index (χ3v) is 10.3. The minimum Gasteiger partial charge on any atom is -0.387 e. The molecule has 306 valence electrons. The Labute approximate surface area is 321 Å².